The second kappa shape index (κ2) is 9.63. The minimum absolute atomic E-state index is 0.0495. The second-order valence-electron chi connectivity index (χ2n) is 14.0. The molecule has 0 saturated heterocycles. The lowest BCUT2D eigenvalue weighted by Crippen LogP contribution is -2.55. The van der Waals surface area contributed by atoms with Crippen LogP contribution in [0, 0.1) is 40.4 Å². The van der Waals surface area contributed by atoms with E-state index in [9.17, 15) is 9.90 Å². The first kappa shape index (κ1) is 26.1. The smallest absolute Gasteiger partial charge is 0.335 e. The minimum atomic E-state index is -0.750. The number of carboxylic acid groups (broad SMARTS) is 1. The Balaban J connectivity index is 1.57. The van der Waals surface area contributed by atoms with Crippen LogP contribution in [0.25, 0.3) is 0 Å². The summed E-state index contributed by atoms with van der Waals surface area (Å²) in [5.41, 5.74) is 4.01. The number of aromatic carboxylic acids is 1. The SMILES string of the molecule is CC(C)CCC[C@@H](C)[C@]1(c2ccccc2C(=O)O)CCC2C3CC=C4CCCC[C@]4(C)C3CC[C@@]21C. The molecule has 3 unspecified atom stereocenters. The summed E-state index contributed by atoms with van der Waals surface area (Å²) >= 11 is 0. The van der Waals surface area contributed by atoms with E-state index in [2.05, 4.69) is 52.8 Å². The molecule has 0 spiro atoms. The number of hydrogen-bond acceptors (Lipinski definition) is 1. The molecule has 3 fully saturated rings. The Morgan fingerprint density at radius 2 is 1.75 bits per heavy atom. The number of fused-ring (bicyclic) bond motifs is 5. The Labute approximate surface area is 220 Å². The van der Waals surface area contributed by atoms with Crippen LogP contribution in [0.3, 0.4) is 0 Å². The van der Waals surface area contributed by atoms with Gasteiger partial charge in [-0.15, -0.1) is 0 Å². The van der Waals surface area contributed by atoms with Crippen LogP contribution >= 0.6 is 0 Å². The van der Waals surface area contributed by atoms with Crippen LogP contribution < -0.4 is 0 Å². The fourth-order valence-corrected chi connectivity index (χ4v) is 10.4. The van der Waals surface area contributed by atoms with Gasteiger partial charge in [0.05, 0.1) is 5.56 Å². The van der Waals surface area contributed by atoms with Crippen molar-refractivity contribution in [3.8, 4) is 0 Å². The van der Waals surface area contributed by atoms with Crippen molar-refractivity contribution >= 4 is 5.97 Å². The molecule has 1 aromatic rings. The van der Waals surface area contributed by atoms with Crippen LogP contribution in [0.4, 0.5) is 0 Å². The molecule has 0 aliphatic heterocycles. The van der Waals surface area contributed by atoms with Crippen LogP contribution in [-0.2, 0) is 5.41 Å². The zero-order valence-electron chi connectivity index (χ0n) is 23.6. The summed E-state index contributed by atoms with van der Waals surface area (Å²) in [4.78, 5) is 12.5. The number of carboxylic acids is 1. The largest absolute Gasteiger partial charge is 0.478 e. The Kier molecular flexibility index (Phi) is 6.97. The van der Waals surface area contributed by atoms with Crippen LogP contribution in [0.2, 0.25) is 0 Å². The quantitative estimate of drug-likeness (QED) is 0.386. The fourth-order valence-electron chi connectivity index (χ4n) is 10.4. The summed E-state index contributed by atoms with van der Waals surface area (Å²) in [6.07, 6.45) is 18.1. The van der Waals surface area contributed by atoms with E-state index in [1.807, 2.05) is 12.1 Å². The van der Waals surface area contributed by atoms with E-state index in [1.165, 1.54) is 70.6 Å². The van der Waals surface area contributed by atoms with Gasteiger partial charge in [-0.3, -0.25) is 0 Å². The van der Waals surface area contributed by atoms with Gasteiger partial charge in [0, 0.05) is 5.41 Å². The predicted octanol–water partition coefficient (Wildman–Crippen LogP) is 9.44. The summed E-state index contributed by atoms with van der Waals surface area (Å²) in [5, 5.41) is 10.3. The summed E-state index contributed by atoms with van der Waals surface area (Å²) in [5.74, 6) is 2.74. The average Bonchev–Trinajstić information content (AvgIpc) is 3.17. The number of benzene rings is 1. The molecule has 4 aliphatic rings. The van der Waals surface area contributed by atoms with E-state index in [4.69, 9.17) is 0 Å². The lowest BCUT2D eigenvalue weighted by molar-refractivity contribution is -0.0627. The van der Waals surface area contributed by atoms with Crippen LogP contribution in [-0.4, -0.2) is 11.1 Å². The van der Waals surface area contributed by atoms with E-state index in [-0.39, 0.29) is 10.8 Å². The van der Waals surface area contributed by atoms with E-state index >= 15 is 0 Å². The van der Waals surface area contributed by atoms with E-state index in [0.29, 0.717) is 22.8 Å². The number of hydrogen-bond donors (Lipinski definition) is 1. The van der Waals surface area contributed by atoms with Crippen molar-refractivity contribution in [1.82, 2.24) is 0 Å². The molecule has 0 bridgehead atoms. The first-order valence-corrected chi connectivity index (χ1v) is 15.2. The zero-order valence-corrected chi connectivity index (χ0v) is 23.6. The molecule has 0 aromatic heterocycles. The first-order valence-electron chi connectivity index (χ1n) is 15.2. The number of allylic oxidation sites excluding steroid dienone is 2. The van der Waals surface area contributed by atoms with Crippen molar-refractivity contribution in [2.24, 2.45) is 40.4 Å². The molecule has 0 heterocycles. The van der Waals surface area contributed by atoms with E-state index in [0.717, 1.165) is 29.7 Å². The predicted molar refractivity (Wildman–Crippen MR) is 149 cm³/mol. The molecule has 0 radical (unpaired) electrons. The summed E-state index contributed by atoms with van der Waals surface area (Å²) < 4.78 is 0. The molecule has 1 aromatic carbocycles. The van der Waals surface area contributed by atoms with Gasteiger partial charge in [-0.1, -0.05) is 83.7 Å². The Hall–Kier alpha value is -1.57. The lowest BCUT2D eigenvalue weighted by atomic mass is 9.43. The minimum Gasteiger partial charge on any atom is -0.478 e. The van der Waals surface area contributed by atoms with Gasteiger partial charge in [-0.05, 0) is 110 Å². The molecule has 0 amide bonds. The van der Waals surface area contributed by atoms with Crippen molar-refractivity contribution < 1.29 is 9.90 Å². The molecular formula is C34H50O2. The molecule has 7 atom stereocenters. The Bertz CT molecular complexity index is 1010. The van der Waals surface area contributed by atoms with Gasteiger partial charge >= 0.3 is 5.97 Å². The van der Waals surface area contributed by atoms with Crippen molar-refractivity contribution in [3.63, 3.8) is 0 Å². The topological polar surface area (TPSA) is 37.3 Å². The van der Waals surface area contributed by atoms with Gasteiger partial charge in [0.2, 0.25) is 0 Å². The lowest BCUT2D eigenvalue weighted by Gasteiger charge is -2.61. The maximum atomic E-state index is 12.5. The summed E-state index contributed by atoms with van der Waals surface area (Å²) in [7, 11) is 0. The third kappa shape index (κ3) is 3.83. The molecule has 198 valence electrons. The van der Waals surface area contributed by atoms with Crippen LogP contribution in [0.15, 0.2) is 35.9 Å². The molecule has 36 heavy (non-hydrogen) atoms. The average molecular weight is 491 g/mol. The van der Waals surface area contributed by atoms with Gasteiger partial charge in [0.15, 0.2) is 0 Å². The monoisotopic (exact) mass is 490 g/mol. The first-order chi connectivity index (χ1) is 17.1. The van der Waals surface area contributed by atoms with Crippen molar-refractivity contribution in [1.29, 1.82) is 0 Å². The van der Waals surface area contributed by atoms with Gasteiger partial charge in [0.1, 0.15) is 0 Å². The van der Waals surface area contributed by atoms with Gasteiger partial charge in [0.25, 0.3) is 0 Å². The third-order valence-electron chi connectivity index (χ3n) is 12.2. The number of rotatable bonds is 7. The standard InChI is InChI=1S/C34H50O2/c1-23(2)11-10-12-24(3)34(30-15-7-6-14-27(30)31(35)36)22-19-29-26-17-16-25-13-8-9-20-32(25,4)28(26)18-21-33(29,34)5/h6-7,14-16,23-24,26,28-29H,8-13,17-22H2,1-5H3,(H,35,36)/t24-,26?,28?,29?,32+,33+,34+/m1/s1. The highest BCUT2D eigenvalue weighted by atomic mass is 16.4. The Morgan fingerprint density at radius 3 is 2.50 bits per heavy atom. The maximum Gasteiger partial charge on any atom is 0.335 e. The molecular weight excluding hydrogens is 440 g/mol. The fraction of sp³-hybridized carbons (Fsp3) is 0.735. The summed E-state index contributed by atoms with van der Waals surface area (Å²) in [6.45, 7) is 12.3. The van der Waals surface area contributed by atoms with Crippen LogP contribution in [0.5, 0.6) is 0 Å². The summed E-state index contributed by atoms with van der Waals surface area (Å²) in [6, 6.07) is 8.10. The molecule has 2 heteroatoms. The molecule has 4 aliphatic carbocycles. The maximum absolute atomic E-state index is 12.5. The molecule has 5 rings (SSSR count). The van der Waals surface area contributed by atoms with Crippen molar-refractivity contribution in [3.05, 3.63) is 47.0 Å². The third-order valence-corrected chi connectivity index (χ3v) is 12.2. The van der Waals surface area contributed by atoms with Gasteiger partial charge < -0.3 is 5.11 Å². The van der Waals surface area contributed by atoms with Gasteiger partial charge in [-0.25, -0.2) is 4.79 Å². The normalized spacial score (nSPS) is 38.6. The van der Waals surface area contributed by atoms with E-state index in [1.54, 1.807) is 5.57 Å². The van der Waals surface area contributed by atoms with Crippen LogP contribution in [0.1, 0.15) is 128 Å². The number of carbonyl (C=O) groups is 1. The van der Waals surface area contributed by atoms with Crippen molar-refractivity contribution in [2.45, 2.75) is 117 Å². The highest BCUT2D eigenvalue weighted by Crippen LogP contribution is 2.72. The van der Waals surface area contributed by atoms with Crippen molar-refractivity contribution in [2.75, 3.05) is 0 Å². The molecule has 2 nitrogen and oxygen atoms in total. The van der Waals surface area contributed by atoms with Gasteiger partial charge in [-0.2, -0.15) is 0 Å². The zero-order chi connectivity index (χ0) is 25.7. The second-order valence-corrected chi connectivity index (χ2v) is 14.0. The Morgan fingerprint density at radius 1 is 1.00 bits per heavy atom. The highest BCUT2D eigenvalue weighted by Gasteiger charge is 2.65. The molecule has 3 saturated carbocycles. The molecule has 1 N–H and O–H groups in total. The highest BCUT2D eigenvalue weighted by molar-refractivity contribution is 5.90. The van der Waals surface area contributed by atoms with E-state index < -0.39 is 5.97 Å².